The molecule has 1 aromatic carbocycles. The van der Waals surface area contributed by atoms with Crippen molar-refractivity contribution in [1.29, 1.82) is 0 Å². The number of carbonyl (C=O) groups excluding carboxylic acids is 1. The van der Waals surface area contributed by atoms with Gasteiger partial charge in [-0.3, -0.25) is 0 Å². The third-order valence-electron chi connectivity index (χ3n) is 3.04. The average Bonchev–Trinajstić information content (AvgIpc) is 3.19. The second-order valence-corrected chi connectivity index (χ2v) is 4.42. The zero-order valence-corrected chi connectivity index (χ0v) is 10.4. The molecule has 3 nitrogen and oxygen atoms in total. The lowest BCUT2D eigenvalue weighted by atomic mass is 10.1. The number of carbonyl (C=O) groups is 1. The van der Waals surface area contributed by atoms with Crippen LogP contribution in [0.3, 0.4) is 0 Å². The molecular formula is C14H18O3. The molecule has 1 aliphatic carbocycles. The first-order chi connectivity index (χ1) is 8.24. The largest absolute Gasteiger partial charge is 0.493 e. The molecule has 0 amide bonds. The van der Waals surface area contributed by atoms with Crippen LogP contribution in [0.25, 0.3) is 0 Å². The van der Waals surface area contributed by atoms with Crippen molar-refractivity contribution in [2.45, 2.75) is 26.2 Å². The van der Waals surface area contributed by atoms with E-state index in [9.17, 15) is 4.79 Å². The van der Waals surface area contributed by atoms with Gasteiger partial charge in [0.25, 0.3) is 0 Å². The summed E-state index contributed by atoms with van der Waals surface area (Å²) in [5, 5.41) is 0. The topological polar surface area (TPSA) is 35.5 Å². The fourth-order valence-electron chi connectivity index (χ4n) is 1.72. The average molecular weight is 234 g/mol. The van der Waals surface area contributed by atoms with Crippen molar-refractivity contribution in [3.63, 3.8) is 0 Å². The van der Waals surface area contributed by atoms with E-state index in [0.717, 1.165) is 24.3 Å². The minimum atomic E-state index is -0.316. The molecule has 1 aliphatic rings. The summed E-state index contributed by atoms with van der Waals surface area (Å²) in [4.78, 5) is 11.4. The lowest BCUT2D eigenvalue weighted by Crippen LogP contribution is -2.05. The van der Waals surface area contributed by atoms with Gasteiger partial charge in [0.1, 0.15) is 5.75 Å². The van der Waals surface area contributed by atoms with Crippen LogP contribution >= 0.6 is 0 Å². The molecule has 2 rings (SSSR count). The van der Waals surface area contributed by atoms with Crippen LogP contribution in [0, 0.1) is 5.92 Å². The predicted molar refractivity (Wildman–Crippen MR) is 65.4 cm³/mol. The van der Waals surface area contributed by atoms with Gasteiger partial charge in [-0.05, 0) is 42.9 Å². The third-order valence-corrected chi connectivity index (χ3v) is 3.04. The molecular weight excluding hydrogens is 216 g/mol. The first-order valence-corrected chi connectivity index (χ1v) is 6.08. The van der Waals surface area contributed by atoms with Gasteiger partial charge in [-0.1, -0.05) is 13.0 Å². The van der Waals surface area contributed by atoms with Gasteiger partial charge in [0.2, 0.25) is 0 Å². The Labute approximate surface area is 102 Å². The highest BCUT2D eigenvalue weighted by atomic mass is 16.5. The molecule has 0 saturated heterocycles. The summed E-state index contributed by atoms with van der Waals surface area (Å²) in [6, 6.07) is 5.51. The van der Waals surface area contributed by atoms with Crippen molar-refractivity contribution in [2.24, 2.45) is 5.92 Å². The van der Waals surface area contributed by atoms with Gasteiger partial charge < -0.3 is 9.47 Å². The Morgan fingerprint density at radius 2 is 2.18 bits per heavy atom. The summed E-state index contributed by atoms with van der Waals surface area (Å²) >= 11 is 0. The van der Waals surface area contributed by atoms with Gasteiger partial charge in [0, 0.05) is 0 Å². The molecule has 1 fully saturated rings. The van der Waals surface area contributed by atoms with Crippen LogP contribution in [-0.4, -0.2) is 19.7 Å². The number of aryl methyl sites for hydroxylation is 1. The number of rotatable bonds is 5. The minimum absolute atomic E-state index is 0.316. The van der Waals surface area contributed by atoms with Crippen molar-refractivity contribution >= 4 is 5.97 Å². The summed E-state index contributed by atoms with van der Waals surface area (Å²) in [5.74, 6) is 1.22. The van der Waals surface area contributed by atoms with Crippen LogP contribution in [0.5, 0.6) is 5.75 Å². The van der Waals surface area contributed by atoms with Crippen LogP contribution in [0.2, 0.25) is 0 Å². The SMILES string of the molecule is CCc1ccc(C(=O)OC)cc1OCC1CC1. The lowest BCUT2D eigenvalue weighted by molar-refractivity contribution is 0.0600. The fraction of sp³-hybridized carbons (Fsp3) is 0.500. The van der Waals surface area contributed by atoms with Crippen molar-refractivity contribution in [3.05, 3.63) is 29.3 Å². The van der Waals surface area contributed by atoms with Gasteiger partial charge >= 0.3 is 5.97 Å². The summed E-state index contributed by atoms with van der Waals surface area (Å²) < 4.78 is 10.5. The molecule has 0 radical (unpaired) electrons. The van der Waals surface area contributed by atoms with Crippen molar-refractivity contribution < 1.29 is 14.3 Å². The Morgan fingerprint density at radius 3 is 2.76 bits per heavy atom. The van der Waals surface area contributed by atoms with E-state index in [1.165, 1.54) is 20.0 Å². The molecule has 0 bridgehead atoms. The van der Waals surface area contributed by atoms with E-state index in [2.05, 4.69) is 6.92 Å². The Kier molecular flexibility index (Phi) is 3.67. The quantitative estimate of drug-likeness (QED) is 0.735. The zero-order valence-electron chi connectivity index (χ0n) is 10.4. The number of hydrogen-bond acceptors (Lipinski definition) is 3. The molecule has 0 aromatic heterocycles. The van der Waals surface area contributed by atoms with Crippen molar-refractivity contribution in [2.75, 3.05) is 13.7 Å². The van der Waals surface area contributed by atoms with Gasteiger partial charge in [-0.25, -0.2) is 4.79 Å². The maximum absolute atomic E-state index is 11.4. The van der Waals surface area contributed by atoms with Crippen molar-refractivity contribution in [1.82, 2.24) is 0 Å². The molecule has 0 spiro atoms. The molecule has 0 atom stereocenters. The second kappa shape index (κ2) is 5.21. The Hall–Kier alpha value is -1.51. The summed E-state index contributed by atoms with van der Waals surface area (Å²) in [7, 11) is 1.39. The van der Waals surface area contributed by atoms with E-state index in [1.807, 2.05) is 6.07 Å². The smallest absolute Gasteiger partial charge is 0.337 e. The highest BCUT2D eigenvalue weighted by Gasteiger charge is 2.22. The molecule has 1 aromatic rings. The van der Waals surface area contributed by atoms with Gasteiger partial charge in [-0.15, -0.1) is 0 Å². The number of ether oxygens (including phenoxy) is 2. The highest BCUT2D eigenvalue weighted by Crippen LogP contribution is 2.30. The summed E-state index contributed by atoms with van der Waals surface area (Å²) in [5.41, 5.74) is 1.69. The molecule has 0 N–H and O–H groups in total. The Morgan fingerprint density at radius 1 is 1.41 bits per heavy atom. The van der Waals surface area contributed by atoms with E-state index in [0.29, 0.717) is 11.5 Å². The van der Waals surface area contributed by atoms with Gasteiger partial charge in [-0.2, -0.15) is 0 Å². The minimum Gasteiger partial charge on any atom is -0.493 e. The predicted octanol–water partition coefficient (Wildman–Crippen LogP) is 2.82. The zero-order chi connectivity index (χ0) is 12.3. The molecule has 1 saturated carbocycles. The molecule has 0 unspecified atom stereocenters. The molecule has 3 heteroatoms. The lowest BCUT2D eigenvalue weighted by Gasteiger charge is -2.11. The van der Waals surface area contributed by atoms with E-state index in [-0.39, 0.29) is 5.97 Å². The van der Waals surface area contributed by atoms with E-state index in [4.69, 9.17) is 9.47 Å². The van der Waals surface area contributed by atoms with Crippen LogP contribution in [-0.2, 0) is 11.2 Å². The highest BCUT2D eigenvalue weighted by molar-refractivity contribution is 5.89. The molecule has 92 valence electrons. The first-order valence-electron chi connectivity index (χ1n) is 6.08. The normalized spacial score (nSPS) is 14.5. The summed E-state index contributed by atoms with van der Waals surface area (Å²) in [6.45, 7) is 2.84. The Bertz CT molecular complexity index is 408. The second-order valence-electron chi connectivity index (χ2n) is 4.42. The maximum Gasteiger partial charge on any atom is 0.337 e. The van der Waals surface area contributed by atoms with E-state index in [1.54, 1.807) is 12.1 Å². The van der Waals surface area contributed by atoms with Gasteiger partial charge in [0.15, 0.2) is 0 Å². The van der Waals surface area contributed by atoms with Crippen LogP contribution in [0.15, 0.2) is 18.2 Å². The number of methoxy groups -OCH3 is 1. The Balaban J connectivity index is 2.15. The first kappa shape index (κ1) is 12.0. The number of hydrogen-bond donors (Lipinski definition) is 0. The number of esters is 1. The molecule has 0 aliphatic heterocycles. The fourth-order valence-corrected chi connectivity index (χ4v) is 1.72. The maximum atomic E-state index is 11.4. The van der Waals surface area contributed by atoms with Crippen LogP contribution in [0.4, 0.5) is 0 Å². The molecule has 0 heterocycles. The monoisotopic (exact) mass is 234 g/mol. The van der Waals surface area contributed by atoms with Gasteiger partial charge in [0.05, 0.1) is 19.3 Å². The van der Waals surface area contributed by atoms with Crippen LogP contribution < -0.4 is 4.74 Å². The van der Waals surface area contributed by atoms with E-state index >= 15 is 0 Å². The standard InChI is InChI=1S/C14H18O3/c1-3-11-6-7-12(14(15)16-2)8-13(11)17-9-10-4-5-10/h6-8,10H,3-5,9H2,1-2H3. The van der Waals surface area contributed by atoms with Crippen molar-refractivity contribution in [3.8, 4) is 5.75 Å². The van der Waals surface area contributed by atoms with Crippen LogP contribution in [0.1, 0.15) is 35.7 Å². The summed E-state index contributed by atoms with van der Waals surface area (Å²) in [6.07, 6.45) is 3.43. The van der Waals surface area contributed by atoms with E-state index < -0.39 is 0 Å². The molecule has 17 heavy (non-hydrogen) atoms. The number of benzene rings is 1. The third kappa shape index (κ3) is 2.99.